The van der Waals surface area contributed by atoms with Crippen molar-refractivity contribution in [3.8, 4) is 0 Å². The minimum absolute atomic E-state index is 0.00255. The van der Waals surface area contributed by atoms with Gasteiger partial charge in [-0.3, -0.25) is 9.59 Å². The van der Waals surface area contributed by atoms with Crippen molar-refractivity contribution in [3.05, 3.63) is 0 Å². The molecule has 0 spiro atoms. The van der Waals surface area contributed by atoms with E-state index in [-0.39, 0.29) is 23.8 Å². The van der Waals surface area contributed by atoms with Gasteiger partial charge in [-0.25, -0.2) is 0 Å². The van der Waals surface area contributed by atoms with Crippen LogP contribution in [0.2, 0.25) is 0 Å². The van der Waals surface area contributed by atoms with Crippen LogP contribution in [0.15, 0.2) is 0 Å². The molecular formula is C16H27NO4. The third kappa shape index (κ3) is 4.70. The van der Waals surface area contributed by atoms with Crippen molar-refractivity contribution in [2.24, 2.45) is 11.3 Å². The third-order valence-electron chi connectivity index (χ3n) is 5.07. The second-order valence-corrected chi connectivity index (χ2v) is 6.74. The number of aliphatic carboxylic acids is 1. The lowest BCUT2D eigenvalue weighted by Gasteiger charge is -2.35. The normalized spacial score (nSPS) is 28.2. The maximum absolute atomic E-state index is 12.2. The molecule has 1 saturated heterocycles. The number of ether oxygens (including phenoxy) is 1. The molecule has 0 aromatic carbocycles. The van der Waals surface area contributed by atoms with Gasteiger partial charge < -0.3 is 15.2 Å². The van der Waals surface area contributed by atoms with E-state index in [4.69, 9.17) is 9.84 Å². The van der Waals surface area contributed by atoms with Crippen molar-refractivity contribution in [3.63, 3.8) is 0 Å². The molecule has 0 radical (unpaired) electrons. The minimum Gasteiger partial charge on any atom is -0.481 e. The standard InChI is InChI=1S/C16H27NO4/c1-12-13(5-8-21-12)11-17-14(18)9-16(10-15(19)20)6-3-2-4-7-16/h12-13H,2-11H2,1H3,(H,17,18)(H,19,20). The summed E-state index contributed by atoms with van der Waals surface area (Å²) in [7, 11) is 0. The highest BCUT2D eigenvalue weighted by Crippen LogP contribution is 2.42. The van der Waals surface area contributed by atoms with E-state index in [1.54, 1.807) is 0 Å². The van der Waals surface area contributed by atoms with Crippen LogP contribution in [-0.2, 0) is 14.3 Å². The number of nitrogens with one attached hydrogen (secondary N) is 1. The van der Waals surface area contributed by atoms with Gasteiger partial charge in [0.15, 0.2) is 0 Å². The molecule has 2 aliphatic rings. The number of carboxylic acids is 1. The summed E-state index contributed by atoms with van der Waals surface area (Å²) < 4.78 is 5.49. The van der Waals surface area contributed by atoms with E-state index in [9.17, 15) is 9.59 Å². The summed E-state index contributed by atoms with van der Waals surface area (Å²) in [5.41, 5.74) is -0.327. The van der Waals surface area contributed by atoms with E-state index >= 15 is 0 Å². The number of carbonyl (C=O) groups excluding carboxylic acids is 1. The monoisotopic (exact) mass is 297 g/mol. The summed E-state index contributed by atoms with van der Waals surface area (Å²) in [5.74, 6) is -0.407. The van der Waals surface area contributed by atoms with Gasteiger partial charge in [-0.1, -0.05) is 19.3 Å². The Bertz CT molecular complexity index is 376. The zero-order valence-corrected chi connectivity index (χ0v) is 12.9. The Morgan fingerprint density at radius 1 is 1.24 bits per heavy atom. The molecule has 2 atom stereocenters. The van der Waals surface area contributed by atoms with Gasteiger partial charge in [0.2, 0.25) is 5.91 Å². The third-order valence-corrected chi connectivity index (χ3v) is 5.07. The fraction of sp³-hybridized carbons (Fsp3) is 0.875. The second kappa shape index (κ2) is 7.25. The molecule has 5 nitrogen and oxygen atoms in total. The Balaban J connectivity index is 1.84. The van der Waals surface area contributed by atoms with Gasteiger partial charge in [0, 0.05) is 25.5 Å². The van der Waals surface area contributed by atoms with E-state index in [2.05, 4.69) is 5.32 Å². The first kappa shape index (κ1) is 16.3. The van der Waals surface area contributed by atoms with Gasteiger partial charge >= 0.3 is 5.97 Å². The first-order valence-corrected chi connectivity index (χ1v) is 8.11. The first-order valence-electron chi connectivity index (χ1n) is 8.11. The van der Waals surface area contributed by atoms with Gasteiger partial charge in [-0.2, -0.15) is 0 Å². The van der Waals surface area contributed by atoms with E-state index < -0.39 is 5.97 Å². The molecule has 2 unspecified atom stereocenters. The second-order valence-electron chi connectivity index (χ2n) is 6.74. The number of hydrogen-bond donors (Lipinski definition) is 2. The highest BCUT2D eigenvalue weighted by atomic mass is 16.5. The van der Waals surface area contributed by atoms with Crippen LogP contribution in [0, 0.1) is 11.3 Å². The molecule has 5 heteroatoms. The van der Waals surface area contributed by atoms with Crippen LogP contribution in [-0.4, -0.2) is 36.2 Å². The van der Waals surface area contributed by atoms with Crippen LogP contribution >= 0.6 is 0 Å². The van der Waals surface area contributed by atoms with E-state index in [1.807, 2.05) is 6.92 Å². The van der Waals surface area contributed by atoms with Crippen molar-refractivity contribution in [1.82, 2.24) is 5.32 Å². The summed E-state index contributed by atoms with van der Waals surface area (Å²) in [4.78, 5) is 23.3. The van der Waals surface area contributed by atoms with Crippen molar-refractivity contribution >= 4 is 11.9 Å². The highest BCUT2D eigenvalue weighted by molar-refractivity contribution is 5.78. The molecule has 120 valence electrons. The van der Waals surface area contributed by atoms with E-state index in [0.717, 1.165) is 45.1 Å². The summed E-state index contributed by atoms with van der Waals surface area (Å²) in [6.45, 7) is 3.45. The molecule has 0 aromatic heterocycles. The van der Waals surface area contributed by atoms with Gasteiger partial charge in [-0.15, -0.1) is 0 Å². The molecule has 1 aliphatic heterocycles. The predicted octanol–water partition coefficient (Wildman–Crippen LogP) is 2.34. The lowest BCUT2D eigenvalue weighted by atomic mass is 9.69. The van der Waals surface area contributed by atoms with Crippen LogP contribution in [0.1, 0.15) is 58.3 Å². The number of amides is 1. The maximum atomic E-state index is 12.2. The van der Waals surface area contributed by atoms with Gasteiger partial charge in [0.1, 0.15) is 0 Å². The Hall–Kier alpha value is -1.10. The van der Waals surface area contributed by atoms with Crippen molar-refractivity contribution in [2.75, 3.05) is 13.2 Å². The Kier molecular flexibility index (Phi) is 5.62. The average Bonchev–Trinajstić information content (AvgIpc) is 2.82. The number of hydrogen-bond acceptors (Lipinski definition) is 3. The summed E-state index contributed by atoms with van der Waals surface area (Å²) in [5, 5.41) is 12.1. The fourth-order valence-electron chi connectivity index (χ4n) is 3.73. The summed E-state index contributed by atoms with van der Waals surface area (Å²) in [6.07, 6.45) is 6.59. The summed E-state index contributed by atoms with van der Waals surface area (Å²) >= 11 is 0. The van der Waals surface area contributed by atoms with Crippen LogP contribution < -0.4 is 5.32 Å². The van der Waals surface area contributed by atoms with Crippen molar-refractivity contribution in [1.29, 1.82) is 0 Å². The zero-order chi connectivity index (χ0) is 15.3. The topological polar surface area (TPSA) is 75.6 Å². The molecule has 1 saturated carbocycles. The highest BCUT2D eigenvalue weighted by Gasteiger charge is 2.36. The minimum atomic E-state index is -0.789. The molecule has 0 bridgehead atoms. The zero-order valence-electron chi connectivity index (χ0n) is 12.9. The van der Waals surface area contributed by atoms with Crippen molar-refractivity contribution < 1.29 is 19.4 Å². The SMILES string of the molecule is CC1OCCC1CNC(=O)CC1(CC(=O)O)CCCCC1. The number of rotatable bonds is 6. The molecular weight excluding hydrogens is 270 g/mol. The fourth-order valence-corrected chi connectivity index (χ4v) is 3.73. The molecule has 21 heavy (non-hydrogen) atoms. The smallest absolute Gasteiger partial charge is 0.303 e. The van der Waals surface area contributed by atoms with E-state index in [1.165, 1.54) is 0 Å². The van der Waals surface area contributed by atoms with Crippen LogP contribution in [0.25, 0.3) is 0 Å². The maximum Gasteiger partial charge on any atom is 0.303 e. The van der Waals surface area contributed by atoms with Gasteiger partial charge in [0.25, 0.3) is 0 Å². The van der Waals surface area contributed by atoms with Gasteiger partial charge in [0.05, 0.1) is 12.5 Å². The molecule has 0 aromatic rings. The number of carbonyl (C=O) groups is 2. The lowest BCUT2D eigenvalue weighted by molar-refractivity contribution is -0.141. The predicted molar refractivity (Wildman–Crippen MR) is 78.9 cm³/mol. The number of carboxylic acid groups (broad SMARTS) is 1. The average molecular weight is 297 g/mol. The Morgan fingerprint density at radius 2 is 1.95 bits per heavy atom. The van der Waals surface area contributed by atoms with E-state index in [0.29, 0.717) is 18.9 Å². The quantitative estimate of drug-likeness (QED) is 0.789. The summed E-state index contributed by atoms with van der Waals surface area (Å²) in [6, 6.07) is 0. The lowest BCUT2D eigenvalue weighted by Crippen LogP contribution is -2.37. The first-order chi connectivity index (χ1) is 10.0. The van der Waals surface area contributed by atoms with Gasteiger partial charge in [-0.05, 0) is 31.6 Å². The molecule has 1 aliphatic carbocycles. The van der Waals surface area contributed by atoms with Crippen LogP contribution in [0.4, 0.5) is 0 Å². The Morgan fingerprint density at radius 3 is 2.52 bits per heavy atom. The molecule has 1 amide bonds. The molecule has 1 heterocycles. The van der Waals surface area contributed by atoms with Crippen LogP contribution in [0.3, 0.4) is 0 Å². The largest absolute Gasteiger partial charge is 0.481 e. The molecule has 2 N–H and O–H groups in total. The molecule has 2 rings (SSSR count). The molecule has 2 fully saturated rings. The Labute approximate surface area is 126 Å². The van der Waals surface area contributed by atoms with Crippen LogP contribution in [0.5, 0.6) is 0 Å². The van der Waals surface area contributed by atoms with Crippen molar-refractivity contribution in [2.45, 2.75) is 64.4 Å².